The van der Waals surface area contributed by atoms with E-state index in [1.807, 2.05) is 14.0 Å². The molecule has 1 radical (unpaired) electrons. The number of aryl methyl sites for hydroxylation is 1. The van der Waals surface area contributed by atoms with Crippen LogP contribution in [0.3, 0.4) is 0 Å². The monoisotopic (exact) mass is 572 g/mol. The molecule has 0 unspecified atom stereocenters. The summed E-state index contributed by atoms with van der Waals surface area (Å²) in [6.45, 7) is 4.40. The van der Waals surface area contributed by atoms with E-state index in [1.165, 1.54) is 21.1 Å². The van der Waals surface area contributed by atoms with Crippen molar-refractivity contribution in [3.8, 4) is 17.1 Å². The molecule has 1 aliphatic heterocycles. The SMILES string of the molecule is CCOc1ccc(S(=O)(=O)N2CCN(C)CC2)cc1-c1nc2[c-]nn(C)c2c(=O)[nH]1.[Pr]. The molecule has 2 aromatic heterocycles. The maximum atomic E-state index is 13.2. The van der Waals surface area contributed by atoms with Crippen molar-refractivity contribution in [3.63, 3.8) is 0 Å². The summed E-state index contributed by atoms with van der Waals surface area (Å²) in [5.41, 5.74) is 0.591. The maximum Gasteiger partial charge on any atom is 0.243 e. The normalized spacial score (nSPS) is 15.7. The van der Waals surface area contributed by atoms with Crippen molar-refractivity contribution in [2.24, 2.45) is 7.05 Å². The second kappa shape index (κ2) is 9.62. The molecule has 1 saturated heterocycles. The second-order valence-corrected chi connectivity index (χ2v) is 9.08. The Balaban J connectivity index is 0.00000272. The Morgan fingerprint density at radius 1 is 1.19 bits per heavy atom. The number of ether oxygens (including phenoxy) is 1. The smallest absolute Gasteiger partial charge is 0.243 e. The van der Waals surface area contributed by atoms with Crippen molar-refractivity contribution >= 4 is 21.1 Å². The van der Waals surface area contributed by atoms with Gasteiger partial charge < -0.3 is 24.4 Å². The molecule has 4 rings (SSSR count). The van der Waals surface area contributed by atoms with E-state index in [0.717, 1.165) is 0 Å². The quantitative estimate of drug-likeness (QED) is 0.442. The molecule has 1 fully saturated rings. The molecule has 3 aromatic rings. The summed E-state index contributed by atoms with van der Waals surface area (Å²) in [5.74, 6) is 0.636. The van der Waals surface area contributed by atoms with Gasteiger partial charge in [-0.3, -0.25) is 9.78 Å². The number of piperazine rings is 1. The second-order valence-electron chi connectivity index (χ2n) is 7.15. The van der Waals surface area contributed by atoms with Crippen LogP contribution < -0.4 is 10.3 Å². The zero-order valence-corrected chi connectivity index (χ0v) is 22.1. The zero-order chi connectivity index (χ0) is 21.5. The summed E-state index contributed by atoms with van der Waals surface area (Å²) >= 11 is 0. The third-order valence-electron chi connectivity index (χ3n) is 5.13. The molecule has 12 heteroatoms. The van der Waals surface area contributed by atoms with Crippen molar-refractivity contribution in [2.45, 2.75) is 11.8 Å². The summed E-state index contributed by atoms with van der Waals surface area (Å²) in [6, 6.07) is 4.62. The van der Waals surface area contributed by atoms with E-state index in [0.29, 0.717) is 49.6 Å². The predicted molar refractivity (Wildman–Crippen MR) is 111 cm³/mol. The first kappa shape index (κ1) is 24.3. The molecule has 0 spiro atoms. The average Bonchev–Trinajstić information content (AvgIpc) is 3.10. The topological polar surface area (TPSA) is 113 Å². The summed E-state index contributed by atoms with van der Waals surface area (Å²) in [5, 5.41) is 3.95. The number of H-pyrrole nitrogens is 1. The predicted octanol–water partition coefficient (Wildman–Crippen LogP) is 0.459. The van der Waals surface area contributed by atoms with Crippen LogP contribution in [-0.4, -0.2) is 77.2 Å². The summed E-state index contributed by atoms with van der Waals surface area (Å²) in [4.78, 5) is 21.9. The van der Waals surface area contributed by atoms with Gasteiger partial charge in [0.05, 0.1) is 17.1 Å². The van der Waals surface area contributed by atoms with E-state index < -0.39 is 10.0 Å². The van der Waals surface area contributed by atoms with Crippen LogP contribution in [0.5, 0.6) is 5.75 Å². The Morgan fingerprint density at radius 3 is 2.58 bits per heavy atom. The third kappa shape index (κ3) is 4.70. The Bertz CT molecular complexity index is 1250. The number of aromatic amines is 1. The molecule has 163 valence electrons. The molecule has 1 aliphatic rings. The van der Waals surface area contributed by atoms with Crippen LogP contribution in [0.2, 0.25) is 0 Å². The number of aromatic nitrogens is 4. The van der Waals surface area contributed by atoms with Crippen molar-refractivity contribution in [3.05, 3.63) is 34.7 Å². The van der Waals surface area contributed by atoms with Crippen LogP contribution in [-0.2, 0) is 17.1 Å². The Labute approximate surface area is 213 Å². The summed E-state index contributed by atoms with van der Waals surface area (Å²) in [7, 11) is -0.0950. The minimum atomic E-state index is -3.69. The van der Waals surface area contributed by atoms with Crippen LogP contribution in [0.1, 0.15) is 6.92 Å². The summed E-state index contributed by atoms with van der Waals surface area (Å²) < 4.78 is 34.9. The number of nitrogens with zero attached hydrogens (tertiary/aromatic N) is 5. The van der Waals surface area contributed by atoms with Crippen LogP contribution in [0.25, 0.3) is 22.4 Å². The van der Waals surface area contributed by atoms with Gasteiger partial charge in [-0.25, -0.2) is 8.42 Å². The molecule has 0 atom stereocenters. The molecule has 1 N–H and O–H groups in total. The fourth-order valence-electron chi connectivity index (χ4n) is 3.46. The maximum absolute atomic E-state index is 13.2. The number of nitrogens with one attached hydrogen (secondary N) is 1. The molecule has 31 heavy (non-hydrogen) atoms. The van der Waals surface area contributed by atoms with E-state index >= 15 is 0 Å². The van der Waals surface area contributed by atoms with Gasteiger partial charge in [-0.05, 0) is 37.7 Å². The molecular weight excluding hydrogens is 549 g/mol. The molecule has 1 aromatic carbocycles. The van der Waals surface area contributed by atoms with Crippen molar-refractivity contribution in [1.82, 2.24) is 29.0 Å². The van der Waals surface area contributed by atoms with Crippen LogP contribution in [0, 0.1) is 47.5 Å². The van der Waals surface area contributed by atoms with Gasteiger partial charge in [-0.1, -0.05) is 11.7 Å². The molecule has 0 aliphatic carbocycles. The van der Waals surface area contributed by atoms with Gasteiger partial charge in [-0.15, -0.1) is 0 Å². The molecule has 3 heterocycles. The molecule has 0 saturated carbocycles. The van der Waals surface area contributed by atoms with Gasteiger partial charge in [-0.2, -0.15) is 4.31 Å². The number of rotatable bonds is 5. The molecular formula is C19H23N6O4PrS-. The minimum Gasteiger partial charge on any atom is -0.493 e. The Kier molecular flexibility index (Phi) is 7.52. The van der Waals surface area contributed by atoms with Crippen molar-refractivity contribution in [2.75, 3.05) is 39.8 Å². The molecule has 10 nitrogen and oxygen atoms in total. The standard InChI is InChI=1S/C19H23N6O4S.Pr/c1-4-29-16-6-5-13(30(27,28)25-9-7-23(2)8-10-25)11-14(16)18-21-15-12-20-24(3)17(15)19(26)22-18;/h5-6,11H,4,7-10H2,1-3H3,(H,21,22,26);/q-1;. The number of likely N-dealkylation sites (N-methyl/N-ethyl adjacent to an activating group) is 1. The van der Waals surface area contributed by atoms with Crippen molar-refractivity contribution < 1.29 is 54.4 Å². The van der Waals surface area contributed by atoms with E-state index in [9.17, 15) is 13.2 Å². The minimum absolute atomic E-state index is 0. The van der Waals surface area contributed by atoms with Gasteiger partial charge in [0.15, 0.2) is 5.56 Å². The average molecular weight is 572 g/mol. The van der Waals surface area contributed by atoms with E-state index in [4.69, 9.17) is 4.74 Å². The van der Waals surface area contributed by atoms with E-state index in [1.54, 1.807) is 13.1 Å². The van der Waals surface area contributed by atoms with Gasteiger partial charge in [0.1, 0.15) is 11.6 Å². The number of hydrogen-bond donors (Lipinski definition) is 1. The fraction of sp³-hybridized carbons (Fsp3) is 0.421. The zero-order valence-electron chi connectivity index (χ0n) is 17.6. The van der Waals surface area contributed by atoms with Gasteiger partial charge in [0, 0.05) is 74.5 Å². The largest absolute Gasteiger partial charge is 0.493 e. The fourth-order valence-corrected chi connectivity index (χ4v) is 4.91. The first-order valence-corrected chi connectivity index (χ1v) is 11.1. The van der Waals surface area contributed by atoms with Gasteiger partial charge in [0.2, 0.25) is 10.0 Å². The number of sulfonamides is 1. The van der Waals surface area contributed by atoms with Crippen LogP contribution in [0.15, 0.2) is 27.9 Å². The molecule has 0 amide bonds. The number of benzene rings is 1. The summed E-state index contributed by atoms with van der Waals surface area (Å²) in [6.07, 6.45) is 2.70. The first-order chi connectivity index (χ1) is 14.3. The number of fused-ring (bicyclic) bond motifs is 1. The van der Waals surface area contributed by atoms with Crippen molar-refractivity contribution in [1.29, 1.82) is 0 Å². The van der Waals surface area contributed by atoms with Crippen LogP contribution >= 0.6 is 0 Å². The van der Waals surface area contributed by atoms with Gasteiger partial charge >= 0.3 is 0 Å². The number of hydrogen-bond acceptors (Lipinski definition) is 7. The Morgan fingerprint density at radius 2 is 1.90 bits per heavy atom. The first-order valence-electron chi connectivity index (χ1n) is 9.62. The van der Waals surface area contributed by atoms with Gasteiger partial charge in [0.25, 0.3) is 0 Å². The van der Waals surface area contributed by atoms with Crippen LogP contribution in [0.4, 0.5) is 0 Å². The third-order valence-corrected chi connectivity index (χ3v) is 7.03. The molecule has 0 bridgehead atoms. The van der Waals surface area contributed by atoms with E-state index in [2.05, 4.69) is 26.2 Å². The Hall–Kier alpha value is -1.40. The van der Waals surface area contributed by atoms with E-state index in [-0.39, 0.29) is 63.1 Å².